The first-order valence-corrected chi connectivity index (χ1v) is 5.69. The van der Waals surface area contributed by atoms with Crippen molar-refractivity contribution in [3.8, 4) is 6.07 Å². The first-order valence-electron chi connectivity index (χ1n) is 5.69. The fourth-order valence-electron chi connectivity index (χ4n) is 1.54. The van der Waals surface area contributed by atoms with Gasteiger partial charge in [0.1, 0.15) is 5.82 Å². The minimum atomic E-state index is -1.10. The van der Waals surface area contributed by atoms with Gasteiger partial charge in [-0.15, -0.1) is 0 Å². The lowest BCUT2D eigenvalue weighted by Crippen LogP contribution is -2.29. The largest absolute Gasteiger partial charge is 0.478 e. The van der Waals surface area contributed by atoms with Crippen molar-refractivity contribution >= 4 is 17.5 Å². The molecule has 0 aromatic carbocycles. The molecule has 0 aliphatic rings. The highest BCUT2D eigenvalue weighted by molar-refractivity contribution is 5.94. The van der Waals surface area contributed by atoms with Crippen molar-refractivity contribution < 1.29 is 14.6 Å². The van der Waals surface area contributed by atoms with Crippen LogP contribution in [0.2, 0.25) is 0 Å². The fraction of sp³-hybridized carbons (Fsp3) is 0.417. The minimum absolute atomic E-state index is 0.00405. The number of pyridine rings is 1. The van der Waals surface area contributed by atoms with Crippen molar-refractivity contribution in [3.05, 3.63) is 17.8 Å². The number of methoxy groups -OCH3 is 1. The molecule has 1 aromatic heterocycles. The summed E-state index contributed by atoms with van der Waals surface area (Å²) in [5.74, 6) is -0.632. The van der Waals surface area contributed by atoms with E-state index < -0.39 is 5.97 Å². The zero-order chi connectivity index (χ0) is 14.3. The lowest BCUT2D eigenvalue weighted by atomic mass is 10.2. The summed E-state index contributed by atoms with van der Waals surface area (Å²) >= 11 is 0. The number of anilines is 2. The van der Waals surface area contributed by atoms with Crippen molar-refractivity contribution in [2.45, 2.75) is 6.42 Å². The maximum atomic E-state index is 11.0. The van der Waals surface area contributed by atoms with Gasteiger partial charge in [-0.05, 0) is 6.07 Å². The summed E-state index contributed by atoms with van der Waals surface area (Å²) in [5, 5.41) is 17.7. The van der Waals surface area contributed by atoms with Crippen LogP contribution in [0.4, 0.5) is 11.5 Å². The number of carboxylic acids is 1. The summed E-state index contributed by atoms with van der Waals surface area (Å²) < 4.78 is 4.98. The second-order valence-corrected chi connectivity index (χ2v) is 3.82. The normalized spacial score (nSPS) is 9.89. The highest BCUT2D eigenvalue weighted by atomic mass is 16.5. The van der Waals surface area contributed by atoms with Gasteiger partial charge in [-0.2, -0.15) is 5.26 Å². The molecule has 3 N–H and O–H groups in total. The Kier molecular flexibility index (Phi) is 5.57. The van der Waals surface area contributed by atoms with E-state index >= 15 is 0 Å². The van der Waals surface area contributed by atoms with Crippen molar-refractivity contribution in [1.82, 2.24) is 4.98 Å². The Morgan fingerprint density at radius 3 is 2.95 bits per heavy atom. The van der Waals surface area contributed by atoms with Crippen LogP contribution in [0, 0.1) is 11.3 Å². The second-order valence-electron chi connectivity index (χ2n) is 3.82. The van der Waals surface area contributed by atoms with Crippen LogP contribution < -0.4 is 10.6 Å². The highest BCUT2D eigenvalue weighted by Gasteiger charge is 2.13. The first-order chi connectivity index (χ1) is 9.10. The molecule has 19 heavy (non-hydrogen) atoms. The lowest BCUT2D eigenvalue weighted by molar-refractivity contribution is 0.0698. The van der Waals surface area contributed by atoms with Crippen LogP contribution >= 0.6 is 0 Å². The number of aromatic nitrogens is 1. The van der Waals surface area contributed by atoms with Crippen LogP contribution in [0.5, 0.6) is 0 Å². The summed E-state index contributed by atoms with van der Waals surface area (Å²) in [6.07, 6.45) is 1.63. The SMILES string of the molecule is COCCN(CCC#N)c1cc(C(=O)O)c(N)cn1. The summed E-state index contributed by atoms with van der Waals surface area (Å²) in [6, 6.07) is 3.45. The predicted octanol–water partition coefficient (Wildman–Crippen LogP) is 0.728. The van der Waals surface area contributed by atoms with E-state index in [-0.39, 0.29) is 11.3 Å². The molecule has 0 fully saturated rings. The average molecular weight is 264 g/mol. The molecule has 0 bridgehead atoms. The first kappa shape index (κ1) is 14.7. The molecule has 1 aromatic rings. The number of nitrogens with zero attached hydrogens (tertiary/aromatic N) is 3. The number of nitrogen functional groups attached to an aromatic ring is 1. The van der Waals surface area contributed by atoms with E-state index in [1.165, 1.54) is 12.3 Å². The fourth-order valence-corrected chi connectivity index (χ4v) is 1.54. The van der Waals surface area contributed by atoms with Crippen molar-refractivity contribution in [1.29, 1.82) is 5.26 Å². The van der Waals surface area contributed by atoms with Gasteiger partial charge >= 0.3 is 5.97 Å². The van der Waals surface area contributed by atoms with Crippen LogP contribution in [0.25, 0.3) is 0 Å². The molecule has 0 aliphatic heterocycles. The van der Waals surface area contributed by atoms with Gasteiger partial charge in [0.15, 0.2) is 0 Å². The number of carbonyl (C=O) groups is 1. The number of nitrogens with two attached hydrogens (primary N) is 1. The van der Waals surface area contributed by atoms with Crippen molar-refractivity contribution in [3.63, 3.8) is 0 Å². The lowest BCUT2D eigenvalue weighted by Gasteiger charge is -2.22. The Labute approximate surface area is 111 Å². The molecule has 0 spiro atoms. The van der Waals surface area contributed by atoms with Crippen LogP contribution in [-0.2, 0) is 4.74 Å². The molecular formula is C12H16N4O3. The van der Waals surface area contributed by atoms with E-state index in [1.807, 2.05) is 6.07 Å². The minimum Gasteiger partial charge on any atom is -0.478 e. The van der Waals surface area contributed by atoms with Gasteiger partial charge in [0.05, 0.1) is 36.5 Å². The summed E-state index contributed by atoms with van der Waals surface area (Å²) in [7, 11) is 1.57. The third-order valence-corrected chi connectivity index (χ3v) is 2.53. The third kappa shape index (κ3) is 4.12. The average Bonchev–Trinajstić information content (AvgIpc) is 2.39. The number of aromatic carboxylic acids is 1. The van der Waals surface area contributed by atoms with Crippen molar-refractivity contribution in [2.75, 3.05) is 37.4 Å². The zero-order valence-electron chi connectivity index (χ0n) is 10.7. The van der Waals surface area contributed by atoms with E-state index in [1.54, 1.807) is 12.0 Å². The molecular weight excluding hydrogens is 248 g/mol. The monoisotopic (exact) mass is 264 g/mol. The van der Waals surface area contributed by atoms with Gasteiger partial charge in [-0.25, -0.2) is 9.78 Å². The molecule has 102 valence electrons. The van der Waals surface area contributed by atoms with Gasteiger partial charge in [-0.3, -0.25) is 0 Å². The number of ether oxygens (including phenoxy) is 1. The Morgan fingerprint density at radius 1 is 1.63 bits per heavy atom. The van der Waals surface area contributed by atoms with Gasteiger partial charge < -0.3 is 20.5 Å². The highest BCUT2D eigenvalue weighted by Crippen LogP contribution is 2.18. The summed E-state index contributed by atoms with van der Waals surface area (Å²) in [6.45, 7) is 1.43. The molecule has 1 heterocycles. The van der Waals surface area contributed by atoms with Crippen LogP contribution in [0.1, 0.15) is 16.8 Å². The van der Waals surface area contributed by atoms with E-state index in [2.05, 4.69) is 4.98 Å². The molecule has 0 atom stereocenters. The van der Waals surface area contributed by atoms with E-state index in [0.29, 0.717) is 31.9 Å². The molecule has 0 saturated heterocycles. The number of hydrogen-bond acceptors (Lipinski definition) is 6. The van der Waals surface area contributed by atoms with Gasteiger partial charge in [-0.1, -0.05) is 0 Å². The van der Waals surface area contributed by atoms with Crippen molar-refractivity contribution in [2.24, 2.45) is 0 Å². The Balaban J connectivity index is 2.97. The Morgan fingerprint density at radius 2 is 2.37 bits per heavy atom. The summed E-state index contributed by atoms with van der Waals surface area (Å²) in [4.78, 5) is 16.9. The van der Waals surface area contributed by atoms with Gasteiger partial charge in [0, 0.05) is 20.2 Å². The van der Waals surface area contributed by atoms with Crippen LogP contribution in [0.3, 0.4) is 0 Å². The van der Waals surface area contributed by atoms with Crippen LogP contribution in [-0.4, -0.2) is 42.9 Å². The molecule has 0 aliphatic carbocycles. The smallest absolute Gasteiger partial charge is 0.337 e. The molecule has 0 unspecified atom stereocenters. The molecule has 0 saturated carbocycles. The Hall–Kier alpha value is -2.33. The molecule has 1 rings (SSSR count). The van der Waals surface area contributed by atoms with Gasteiger partial charge in [0.2, 0.25) is 0 Å². The van der Waals surface area contributed by atoms with E-state index in [0.717, 1.165) is 0 Å². The summed E-state index contributed by atoms with van der Waals surface area (Å²) in [5.41, 5.74) is 5.67. The number of carboxylic acid groups (broad SMARTS) is 1. The third-order valence-electron chi connectivity index (χ3n) is 2.53. The van der Waals surface area contributed by atoms with Gasteiger partial charge in [0.25, 0.3) is 0 Å². The molecule has 7 nitrogen and oxygen atoms in total. The molecule has 0 radical (unpaired) electrons. The maximum absolute atomic E-state index is 11.0. The number of hydrogen-bond donors (Lipinski definition) is 2. The number of rotatable bonds is 7. The molecule has 0 amide bonds. The standard InChI is InChI=1S/C12H16N4O3/c1-19-6-5-16(4-2-3-13)11-7-9(12(17)18)10(14)8-15-11/h7-8H,2,4-6,14H2,1H3,(H,17,18). The predicted molar refractivity (Wildman–Crippen MR) is 69.9 cm³/mol. The zero-order valence-corrected chi connectivity index (χ0v) is 10.7. The van der Waals surface area contributed by atoms with E-state index in [4.69, 9.17) is 20.8 Å². The van der Waals surface area contributed by atoms with E-state index in [9.17, 15) is 4.79 Å². The maximum Gasteiger partial charge on any atom is 0.337 e. The topological polar surface area (TPSA) is 112 Å². The Bertz CT molecular complexity index is 484. The van der Waals surface area contributed by atoms with Crippen LogP contribution in [0.15, 0.2) is 12.3 Å². The second kappa shape index (κ2) is 7.18. The number of nitriles is 1. The quantitative estimate of drug-likeness (QED) is 0.746. The molecule has 7 heteroatoms.